The first-order chi connectivity index (χ1) is 15.2. The highest BCUT2D eigenvalue weighted by Gasteiger charge is 2.51. The zero-order valence-electron chi connectivity index (χ0n) is 17.9. The zero-order chi connectivity index (χ0) is 23.1. The van der Waals surface area contributed by atoms with Crippen LogP contribution in [0.5, 0.6) is 0 Å². The molecule has 0 N–H and O–H groups in total. The number of hydrogen-bond acceptors (Lipinski definition) is 5. The Labute approximate surface area is 186 Å². The Balaban J connectivity index is 1.66. The summed E-state index contributed by atoms with van der Waals surface area (Å²) in [5.41, 5.74) is -0.943. The Bertz CT molecular complexity index is 1120. The third-order valence-electron chi connectivity index (χ3n) is 6.45. The highest BCUT2D eigenvalue weighted by atomic mass is 32.2. The fourth-order valence-electron chi connectivity index (χ4n) is 4.48. The van der Waals surface area contributed by atoms with Crippen LogP contribution >= 0.6 is 0 Å². The molecule has 0 aliphatic carbocycles. The molecule has 2 atom stereocenters. The monoisotopic (exact) mass is 465 g/mol. The molecule has 2 fully saturated rings. The van der Waals surface area contributed by atoms with E-state index in [1.54, 1.807) is 31.2 Å². The molecular weight excluding hydrogens is 440 g/mol. The maximum Gasteiger partial charge on any atom is 0.321 e. The van der Waals surface area contributed by atoms with E-state index >= 15 is 8.78 Å². The van der Waals surface area contributed by atoms with Crippen LogP contribution in [0.2, 0.25) is 0 Å². The van der Waals surface area contributed by atoms with E-state index in [0.717, 1.165) is 12.1 Å². The van der Waals surface area contributed by atoms with Crippen LogP contribution in [0.25, 0.3) is 0 Å². The third-order valence-corrected chi connectivity index (χ3v) is 8.82. The molecule has 2 aromatic carbocycles. The van der Waals surface area contributed by atoms with Gasteiger partial charge in [0, 0.05) is 23.7 Å². The van der Waals surface area contributed by atoms with E-state index in [2.05, 4.69) is 0 Å². The lowest BCUT2D eigenvalue weighted by Crippen LogP contribution is -2.54. The number of esters is 1. The van der Waals surface area contributed by atoms with Gasteiger partial charge in [0.1, 0.15) is 22.3 Å². The van der Waals surface area contributed by atoms with E-state index < -0.39 is 38.3 Å². The molecule has 9 heteroatoms. The summed E-state index contributed by atoms with van der Waals surface area (Å²) >= 11 is 0. The molecule has 4 rings (SSSR count). The number of ether oxygens (including phenoxy) is 2. The predicted octanol–water partition coefficient (Wildman–Crippen LogP) is 3.46. The van der Waals surface area contributed by atoms with Crippen LogP contribution in [0, 0.1) is 11.6 Å². The van der Waals surface area contributed by atoms with Crippen LogP contribution < -0.4 is 0 Å². The Morgan fingerprint density at radius 3 is 2.44 bits per heavy atom. The molecule has 0 aromatic heterocycles. The molecular formula is C23H25F2NO5S. The van der Waals surface area contributed by atoms with Gasteiger partial charge in [0.15, 0.2) is 0 Å². The maximum atomic E-state index is 15.1. The van der Waals surface area contributed by atoms with Gasteiger partial charge in [0.25, 0.3) is 0 Å². The van der Waals surface area contributed by atoms with Crippen molar-refractivity contribution in [2.24, 2.45) is 0 Å². The average molecular weight is 466 g/mol. The van der Waals surface area contributed by atoms with Crippen molar-refractivity contribution >= 4 is 16.0 Å². The summed E-state index contributed by atoms with van der Waals surface area (Å²) in [6, 6.07) is 10.5. The fourth-order valence-corrected chi connectivity index (χ4v) is 6.67. The molecule has 2 aromatic rings. The lowest BCUT2D eigenvalue weighted by molar-refractivity contribution is -0.167. The molecule has 0 unspecified atom stereocenters. The molecule has 32 heavy (non-hydrogen) atoms. The molecule has 172 valence electrons. The first-order valence-corrected chi connectivity index (χ1v) is 11.9. The summed E-state index contributed by atoms with van der Waals surface area (Å²) in [7, 11) is -2.62. The largest absolute Gasteiger partial charge is 0.468 e. The summed E-state index contributed by atoms with van der Waals surface area (Å²) < 4.78 is 67.9. The summed E-state index contributed by atoms with van der Waals surface area (Å²) in [6.07, 6.45) is 1.06. The number of hydrogen-bond donors (Lipinski definition) is 0. The number of rotatable bonds is 5. The van der Waals surface area contributed by atoms with Gasteiger partial charge in [-0.3, -0.25) is 4.79 Å². The quantitative estimate of drug-likeness (QED) is 0.633. The molecule has 0 saturated carbocycles. The van der Waals surface area contributed by atoms with Crippen molar-refractivity contribution in [3.63, 3.8) is 0 Å². The molecule has 0 bridgehead atoms. The first-order valence-electron chi connectivity index (χ1n) is 10.4. The van der Waals surface area contributed by atoms with Crippen molar-refractivity contribution in [1.82, 2.24) is 4.31 Å². The van der Waals surface area contributed by atoms with Crippen molar-refractivity contribution in [3.05, 3.63) is 70.8 Å². The van der Waals surface area contributed by atoms with Crippen LogP contribution in [-0.2, 0) is 36.3 Å². The topological polar surface area (TPSA) is 72.9 Å². The van der Waals surface area contributed by atoms with Gasteiger partial charge in [-0.1, -0.05) is 30.3 Å². The fraction of sp³-hybridized carbons (Fsp3) is 0.435. The molecule has 2 saturated heterocycles. The van der Waals surface area contributed by atoms with Crippen molar-refractivity contribution in [3.8, 4) is 0 Å². The van der Waals surface area contributed by atoms with Gasteiger partial charge in [-0.2, -0.15) is 4.31 Å². The molecule has 0 radical (unpaired) electrons. The van der Waals surface area contributed by atoms with Crippen LogP contribution in [0.1, 0.15) is 41.7 Å². The number of sulfonamides is 1. The number of carbonyl (C=O) groups is 1. The minimum absolute atomic E-state index is 0.0874. The normalized spacial score (nSPS) is 24.5. The van der Waals surface area contributed by atoms with Crippen LogP contribution in [-0.4, -0.2) is 45.1 Å². The van der Waals surface area contributed by atoms with E-state index in [4.69, 9.17) is 9.47 Å². The van der Waals surface area contributed by atoms with Crippen molar-refractivity contribution in [2.45, 2.75) is 43.0 Å². The standard InChI is InChI=1S/C23H25F2NO5S/c1-15-8-9-21(16-6-4-3-5-7-16)32(28,29)26(15)12-17-10-20(25)18(11-19(17)24)23(13-31-14-23)22(27)30-2/h3-7,10-11,15,21H,8-9,12-14H2,1-2H3/t15-,21+/m0/s1. The van der Waals surface area contributed by atoms with Gasteiger partial charge in [-0.15, -0.1) is 0 Å². The molecule has 0 spiro atoms. The summed E-state index contributed by atoms with van der Waals surface area (Å²) in [6.45, 7) is 1.26. The van der Waals surface area contributed by atoms with Gasteiger partial charge >= 0.3 is 5.97 Å². The molecule has 0 amide bonds. The van der Waals surface area contributed by atoms with E-state index in [9.17, 15) is 13.2 Å². The maximum absolute atomic E-state index is 15.1. The summed E-state index contributed by atoms with van der Waals surface area (Å²) in [5.74, 6) is -2.27. The number of benzene rings is 2. The second kappa shape index (κ2) is 8.53. The van der Waals surface area contributed by atoms with Crippen LogP contribution in [0.3, 0.4) is 0 Å². The Morgan fingerprint density at radius 2 is 1.84 bits per heavy atom. The van der Waals surface area contributed by atoms with Gasteiger partial charge < -0.3 is 9.47 Å². The smallest absolute Gasteiger partial charge is 0.321 e. The summed E-state index contributed by atoms with van der Waals surface area (Å²) in [4.78, 5) is 12.2. The number of nitrogens with zero attached hydrogens (tertiary/aromatic N) is 1. The van der Waals surface area contributed by atoms with Crippen molar-refractivity contribution in [1.29, 1.82) is 0 Å². The second-order valence-electron chi connectivity index (χ2n) is 8.41. The van der Waals surface area contributed by atoms with Crippen molar-refractivity contribution < 1.29 is 31.5 Å². The van der Waals surface area contributed by atoms with E-state index in [-0.39, 0.29) is 36.9 Å². The minimum atomic E-state index is -3.79. The van der Waals surface area contributed by atoms with Gasteiger partial charge in [0.05, 0.1) is 20.3 Å². The lowest BCUT2D eigenvalue weighted by Gasteiger charge is -2.39. The Morgan fingerprint density at radius 1 is 1.16 bits per heavy atom. The lowest BCUT2D eigenvalue weighted by atomic mass is 9.78. The molecule has 2 aliphatic heterocycles. The first kappa shape index (κ1) is 22.8. The van der Waals surface area contributed by atoms with Gasteiger partial charge in [-0.25, -0.2) is 17.2 Å². The number of methoxy groups -OCH3 is 1. The highest BCUT2D eigenvalue weighted by molar-refractivity contribution is 7.89. The van der Waals surface area contributed by atoms with E-state index in [1.807, 2.05) is 6.07 Å². The zero-order valence-corrected chi connectivity index (χ0v) is 18.7. The summed E-state index contributed by atoms with van der Waals surface area (Å²) in [5, 5.41) is -0.734. The molecule has 2 heterocycles. The molecule has 2 aliphatic rings. The number of halogens is 2. The minimum Gasteiger partial charge on any atom is -0.468 e. The van der Waals surface area contributed by atoms with Gasteiger partial charge in [0.2, 0.25) is 10.0 Å². The number of carbonyl (C=O) groups excluding carboxylic acids is 1. The third kappa shape index (κ3) is 3.72. The average Bonchev–Trinajstić information content (AvgIpc) is 2.73. The van der Waals surface area contributed by atoms with E-state index in [0.29, 0.717) is 18.4 Å². The van der Waals surface area contributed by atoms with Crippen LogP contribution in [0.4, 0.5) is 8.78 Å². The predicted molar refractivity (Wildman–Crippen MR) is 113 cm³/mol. The van der Waals surface area contributed by atoms with Gasteiger partial charge in [-0.05, 0) is 37.5 Å². The Hall–Kier alpha value is -2.36. The molecule has 6 nitrogen and oxygen atoms in total. The second-order valence-corrected chi connectivity index (χ2v) is 10.5. The SMILES string of the molecule is COC(=O)C1(c2cc(F)c(CN3[C@@H](C)CC[C@H](c4ccccc4)S3(=O)=O)cc2F)COC1. The van der Waals surface area contributed by atoms with E-state index in [1.165, 1.54) is 11.4 Å². The highest BCUT2D eigenvalue weighted by Crippen LogP contribution is 2.40. The van der Waals surface area contributed by atoms with Crippen LogP contribution in [0.15, 0.2) is 42.5 Å². The van der Waals surface area contributed by atoms with Crippen molar-refractivity contribution in [2.75, 3.05) is 20.3 Å². The Kier molecular flexibility index (Phi) is 6.08.